The minimum absolute atomic E-state index is 0.0907. The third-order valence-electron chi connectivity index (χ3n) is 3.38. The first-order valence-electron chi connectivity index (χ1n) is 7.05. The summed E-state index contributed by atoms with van der Waals surface area (Å²) < 4.78 is 9.79. The first-order chi connectivity index (χ1) is 9.81. The highest BCUT2D eigenvalue weighted by Gasteiger charge is 2.29. The van der Waals surface area contributed by atoms with Crippen molar-refractivity contribution in [2.24, 2.45) is 5.41 Å². The second kappa shape index (κ2) is 10.1. The Labute approximate surface area is 125 Å². The van der Waals surface area contributed by atoms with E-state index < -0.39 is 5.41 Å². The molecule has 0 heterocycles. The van der Waals surface area contributed by atoms with Crippen molar-refractivity contribution in [3.8, 4) is 0 Å². The lowest BCUT2D eigenvalue weighted by Gasteiger charge is -2.23. The number of ketones is 1. The van der Waals surface area contributed by atoms with Crippen LogP contribution in [0.15, 0.2) is 0 Å². The van der Waals surface area contributed by atoms with E-state index in [1.807, 2.05) is 0 Å². The van der Waals surface area contributed by atoms with E-state index in [-0.39, 0.29) is 37.2 Å². The predicted molar refractivity (Wildman–Crippen MR) is 75.5 cm³/mol. The quantitative estimate of drug-likeness (QED) is 0.329. The Morgan fingerprint density at radius 2 is 1.71 bits per heavy atom. The zero-order valence-electron chi connectivity index (χ0n) is 13.0. The number of carbonyl (C=O) groups excluding carboxylic acids is 4. The average Bonchev–Trinajstić information content (AvgIpc) is 2.38. The van der Waals surface area contributed by atoms with E-state index in [2.05, 4.69) is 0 Å². The monoisotopic (exact) mass is 300 g/mol. The number of aldehydes is 1. The van der Waals surface area contributed by atoms with Gasteiger partial charge in [0, 0.05) is 25.2 Å². The molecule has 120 valence electrons. The Hall–Kier alpha value is -1.72. The largest absolute Gasteiger partial charge is 0.466 e. The average molecular weight is 300 g/mol. The molecule has 1 unspecified atom stereocenters. The number of esters is 2. The van der Waals surface area contributed by atoms with Crippen molar-refractivity contribution in [2.75, 3.05) is 13.2 Å². The van der Waals surface area contributed by atoms with Gasteiger partial charge < -0.3 is 14.3 Å². The number of hydrogen-bond donors (Lipinski definition) is 0. The smallest absolute Gasteiger partial charge is 0.305 e. The van der Waals surface area contributed by atoms with Gasteiger partial charge in [0.2, 0.25) is 0 Å². The molecule has 0 bridgehead atoms. The molecule has 0 fully saturated rings. The standard InChI is InChI=1S/C15H24O6/c1-12(17)15(3,7-9-16)8-11-21-14(19)6-4-5-10-20-13(2)18/h9H,4-8,10-11H2,1-3H3. The van der Waals surface area contributed by atoms with E-state index in [4.69, 9.17) is 9.47 Å². The van der Waals surface area contributed by atoms with Crippen LogP contribution in [0.2, 0.25) is 0 Å². The van der Waals surface area contributed by atoms with Gasteiger partial charge in [-0.3, -0.25) is 14.4 Å². The van der Waals surface area contributed by atoms with Gasteiger partial charge in [-0.25, -0.2) is 0 Å². The third-order valence-corrected chi connectivity index (χ3v) is 3.38. The molecule has 6 heteroatoms. The highest BCUT2D eigenvalue weighted by atomic mass is 16.5. The summed E-state index contributed by atoms with van der Waals surface area (Å²) in [4.78, 5) is 44.1. The first-order valence-corrected chi connectivity index (χ1v) is 7.05. The highest BCUT2D eigenvalue weighted by molar-refractivity contribution is 5.84. The molecule has 0 aliphatic heterocycles. The fraction of sp³-hybridized carbons (Fsp3) is 0.733. The molecule has 0 aliphatic carbocycles. The molecule has 6 nitrogen and oxygen atoms in total. The highest BCUT2D eigenvalue weighted by Crippen LogP contribution is 2.26. The summed E-state index contributed by atoms with van der Waals surface area (Å²) in [6.07, 6.45) is 2.59. The Bertz CT molecular complexity index is 376. The van der Waals surface area contributed by atoms with E-state index in [1.165, 1.54) is 13.8 Å². The van der Waals surface area contributed by atoms with Gasteiger partial charge in [0.25, 0.3) is 0 Å². The lowest BCUT2D eigenvalue weighted by atomic mass is 9.80. The lowest BCUT2D eigenvalue weighted by Crippen LogP contribution is -2.28. The van der Waals surface area contributed by atoms with Crippen LogP contribution in [-0.4, -0.2) is 37.2 Å². The van der Waals surface area contributed by atoms with Crippen molar-refractivity contribution in [2.45, 2.75) is 52.9 Å². The Morgan fingerprint density at radius 3 is 2.24 bits per heavy atom. The molecule has 1 atom stereocenters. The molecule has 0 rings (SSSR count). The molecular formula is C15H24O6. The van der Waals surface area contributed by atoms with Crippen molar-refractivity contribution in [1.82, 2.24) is 0 Å². The minimum atomic E-state index is -0.767. The van der Waals surface area contributed by atoms with Crippen molar-refractivity contribution in [3.63, 3.8) is 0 Å². The molecule has 0 aromatic rings. The zero-order chi connectivity index (χ0) is 16.3. The van der Waals surface area contributed by atoms with Crippen LogP contribution in [0.1, 0.15) is 52.9 Å². The van der Waals surface area contributed by atoms with Crippen LogP contribution in [0.3, 0.4) is 0 Å². The second-order valence-electron chi connectivity index (χ2n) is 5.26. The summed E-state index contributed by atoms with van der Waals surface area (Å²) >= 11 is 0. The molecule has 0 aromatic heterocycles. The van der Waals surface area contributed by atoms with Gasteiger partial charge in [-0.05, 0) is 26.2 Å². The van der Waals surface area contributed by atoms with Gasteiger partial charge in [0.15, 0.2) is 0 Å². The molecule has 0 aromatic carbocycles. The zero-order valence-corrected chi connectivity index (χ0v) is 13.0. The Balaban J connectivity index is 3.85. The van der Waals surface area contributed by atoms with E-state index in [1.54, 1.807) is 6.92 Å². The SMILES string of the molecule is CC(=O)OCCCCC(=O)OCCC(C)(CC=O)C(C)=O. The summed E-state index contributed by atoms with van der Waals surface area (Å²) in [5.41, 5.74) is -0.767. The number of carbonyl (C=O) groups is 4. The predicted octanol–water partition coefficient (Wildman–Crippen LogP) is 1.84. The van der Waals surface area contributed by atoms with Crippen LogP contribution in [0.25, 0.3) is 0 Å². The summed E-state index contributed by atoms with van der Waals surface area (Å²) in [5.74, 6) is -0.780. The number of hydrogen-bond acceptors (Lipinski definition) is 6. The topological polar surface area (TPSA) is 86.7 Å². The van der Waals surface area contributed by atoms with Gasteiger partial charge in [-0.15, -0.1) is 0 Å². The fourth-order valence-corrected chi connectivity index (χ4v) is 1.66. The van der Waals surface area contributed by atoms with E-state index in [0.29, 0.717) is 32.2 Å². The molecular weight excluding hydrogens is 276 g/mol. The molecule has 0 radical (unpaired) electrons. The van der Waals surface area contributed by atoms with Gasteiger partial charge >= 0.3 is 11.9 Å². The molecule has 0 N–H and O–H groups in total. The van der Waals surface area contributed by atoms with E-state index in [0.717, 1.165) is 0 Å². The number of unbranched alkanes of at least 4 members (excludes halogenated alkanes) is 1. The van der Waals surface area contributed by atoms with Crippen LogP contribution in [0.5, 0.6) is 0 Å². The van der Waals surface area contributed by atoms with E-state index in [9.17, 15) is 19.2 Å². The van der Waals surface area contributed by atoms with Gasteiger partial charge in [0.05, 0.1) is 13.2 Å². The number of ether oxygens (including phenoxy) is 2. The maximum atomic E-state index is 11.5. The fourth-order valence-electron chi connectivity index (χ4n) is 1.66. The first kappa shape index (κ1) is 19.3. The van der Waals surface area contributed by atoms with Crippen molar-refractivity contribution in [3.05, 3.63) is 0 Å². The lowest BCUT2D eigenvalue weighted by molar-refractivity contribution is -0.145. The molecule has 0 saturated carbocycles. The molecule has 21 heavy (non-hydrogen) atoms. The van der Waals surface area contributed by atoms with E-state index >= 15 is 0 Å². The molecule has 0 saturated heterocycles. The van der Waals surface area contributed by atoms with Gasteiger partial charge in [-0.1, -0.05) is 6.92 Å². The van der Waals surface area contributed by atoms with Crippen LogP contribution in [0, 0.1) is 5.41 Å². The maximum Gasteiger partial charge on any atom is 0.305 e. The van der Waals surface area contributed by atoms with Crippen LogP contribution in [0.4, 0.5) is 0 Å². The van der Waals surface area contributed by atoms with Crippen molar-refractivity contribution < 1.29 is 28.7 Å². The minimum Gasteiger partial charge on any atom is -0.466 e. The normalized spacial score (nSPS) is 13.1. The Morgan fingerprint density at radius 1 is 1.05 bits per heavy atom. The summed E-state index contributed by atoms with van der Waals surface area (Å²) in [6.45, 7) is 4.87. The number of Topliss-reactive ketones (excluding diaryl/α,β-unsaturated/α-hetero) is 1. The Kier molecular flexibility index (Phi) is 9.25. The summed E-state index contributed by atoms with van der Waals surface area (Å²) in [6, 6.07) is 0. The van der Waals surface area contributed by atoms with Gasteiger partial charge in [-0.2, -0.15) is 0 Å². The summed E-state index contributed by atoms with van der Waals surface area (Å²) in [7, 11) is 0. The summed E-state index contributed by atoms with van der Waals surface area (Å²) in [5, 5.41) is 0. The molecule has 0 aliphatic rings. The second-order valence-corrected chi connectivity index (χ2v) is 5.26. The molecule has 0 amide bonds. The van der Waals surface area contributed by atoms with Crippen LogP contribution < -0.4 is 0 Å². The number of rotatable bonds is 11. The van der Waals surface area contributed by atoms with Crippen molar-refractivity contribution >= 4 is 24.0 Å². The maximum absolute atomic E-state index is 11.5. The van der Waals surface area contributed by atoms with Crippen LogP contribution in [-0.2, 0) is 28.7 Å². The third kappa shape index (κ3) is 8.94. The van der Waals surface area contributed by atoms with Crippen molar-refractivity contribution in [1.29, 1.82) is 0 Å². The van der Waals surface area contributed by atoms with Crippen LogP contribution >= 0.6 is 0 Å². The molecule has 0 spiro atoms. The van der Waals surface area contributed by atoms with Gasteiger partial charge in [0.1, 0.15) is 12.1 Å².